The minimum Gasteiger partial charge on any atom is -0.493 e. The third-order valence-corrected chi connectivity index (χ3v) is 5.44. The number of benzene rings is 2. The molecule has 1 N–H and O–H groups in total. The van der Waals surface area contributed by atoms with E-state index in [0.717, 1.165) is 57.2 Å². The Morgan fingerprint density at radius 2 is 1.79 bits per heavy atom. The maximum atomic E-state index is 5.99. The van der Waals surface area contributed by atoms with E-state index in [1.165, 1.54) is 5.56 Å². The van der Waals surface area contributed by atoms with Crippen molar-refractivity contribution in [2.75, 3.05) is 46.5 Å². The van der Waals surface area contributed by atoms with Crippen molar-refractivity contribution in [2.24, 2.45) is 0 Å². The van der Waals surface area contributed by atoms with Gasteiger partial charge < -0.3 is 19.5 Å². The Labute approximate surface area is 212 Å². The normalized spacial score (nSPS) is 13.6. The van der Waals surface area contributed by atoms with Crippen LogP contribution in [0.2, 0.25) is 0 Å². The number of rotatable bonds is 10. The number of hydrogen-bond donors (Lipinski definition) is 1. The van der Waals surface area contributed by atoms with Crippen LogP contribution in [0.15, 0.2) is 42.5 Å². The van der Waals surface area contributed by atoms with Gasteiger partial charge in [0, 0.05) is 32.7 Å². The van der Waals surface area contributed by atoms with Gasteiger partial charge in [-0.05, 0) is 47.2 Å². The first-order valence-corrected chi connectivity index (χ1v) is 10.9. The lowest BCUT2D eigenvalue weighted by Gasteiger charge is -2.26. The number of aryl methyl sites for hydroxylation is 1. The van der Waals surface area contributed by atoms with E-state index < -0.39 is 0 Å². The fraction of sp³-hybridized carbons (Fsp3) is 0.435. The Hall–Kier alpha value is -2.43. The molecular formula is C23H32Cl2N6O3. The number of aromatic nitrogens is 4. The average molecular weight is 511 g/mol. The Morgan fingerprint density at radius 1 is 1.03 bits per heavy atom. The smallest absolute Gasteiger partial charge is 0.194 e. The molecular weight excluding hydrogens is 479 g/mol. The Morgan fingerprint density at radius 3 is 2.53 bits per heavy atom. The Bertz CT molecular complexity index is 997. The SMILES string of the molecule is COc1cc(CNCCN2CCOCC2)ccc1OCc1nnnn1-c1ccc(C)cc1.Cl.Cl. The monoisotopic (exact) mass is 510 g/mol. The van der Waals surface area contributed by atoms with E-state index in [-0.39, 0.29) is 31.4 Å². The molecule has 0 spiro atoms. The largest absolute Gasteiger partial charge is 0.493 e. The van der Waals surface area contributed by atoms with Gasteiger partial charge in [-0.3, -0.25) is 4.90 Å². The van der Waals surface area contributed by atoms with Crippen LogP contribution in [0.3, 0.4) is 0 Å². The van der Waals surface area contributed by atoms with Crippen molar-refractivity contribution in [3.8, 4) is 17.2 Å². The number of ether oxygens (including phenoxy) is 3. The van der Waals surface area contributed by atoms with Crippen LogP contribution in [0, 0.1) is 6.92 Å². The molecule has 0 radical (unpaired) electrons. The summed E-state index contributed by atoms with van der Waals surface area (Å²) in [6, 6.07) is 14.0. The fourth-order valence-corrected chi connectivity index (χ4v) is 3.56. The van der Waals surface area contributed by atoms with Crippen molar-refractivity contribution in [1.82, 2.24) is 30.4 Å². The third kappa shape index (κ3) is 7.54. The van der Waals surface area contributed by atoms with Gasteiger partial charge in [-0.15, -0.1) is 29.9 Å². The van der Waals surface area contributed by atoms with Gasteiger partial charge in [0.2, 0.25) is 0 Å². The van der Waals surface area contributed by atoms with Crippen molar-refractivity contribution in [3.63, 3.8) is 0 Å². The summed E-state index contributed by atoms with van der Waals surface area (Å²) in [5.41, 5.74) is 3.21. The maximum absolute atomic E-state index is 5.99. The molecule has 9 nitrogen and oxygen atoms in total. The number of halogens is 2. The number of nitrogens with one attached hydrogen (secondary N) is 1. The predicted molar refractivity (Wildman–Crippen MR) is 135 cm³/mol. The van der Waals surface area contributed by atoms with E-state index in [0.29, 0.717) is 17.3 Å². The molecule has 0 amide bonds. The van der Waals surface area contributed by atoms with Gasteiger partial charge in [-0.1, -0.05) is 23.8 Å². The lowest BCUT2D eigenvalue weighted by Crippen LogP contribution is -2.40. The van der Waals surface area contributed by atoms with Crippen LogP contribution >= 0.6 is 24.8 Å². The fourth-order valence-electron chi connectivity index (χ4n) is 3.56. The van der Waals surface area contributed by atoms with E-state index in [2.05, 4.69) is 25.7 Å². The number of hydrogen-bond acceptors (Lipinski definition) is 8. The molecule has 186 valence electrons. The van der Waals surface area contributed by atoms with Gasteiger partial charge in [0.25, 0.3) is 0 Å². The second-order valence-corrected chi connectivity index (χ2v) is 7.75. The number of tetrazole rings is 1. The summed E-state index contributed by atoms with van der Waals surface area (Å²) in [6.45, 7) is 8.68. The van der Waals surface area contributed by atoms with Crippen molar-refractivity contribution < 1.29 is 14.2 Å². The second kappa shape index (κ2) is 14.1. The van der Waals surface area contributed by atoms with Gasteiger partial charge in [-0.25, -0.2) is 0 Å². The van der Waals surface area contributed by atoms with Crippen LogP contribution in [0.1, 0.15) is 17.0 Å². The predicted octanol–water partition coefficient (Wildman–Crippen LogP) is 2.82. The average Bonchev–Trinajstić information content (AvgIpc) is 3.30. The highest BCUT2D eigenvalue weighted by atomic mass is 35.5. The summed E-state index contributed by atoms with van der Waals surface area (Å²) in [4.78, 5) is 2.41. The van der Waals surface area contributed by atoms with Gasteiger partial charge in [0.15, 0.2) is 23.9 Å². The molecule has 4 rings (SSSR count). The van der Waals surface area contributed by atoms with Gasteiger partial charge >= 0.3 is 0 Å². The molecule has 0 atom stereocenters. The first kappa shape index (κ1) is 27.8. The van der Waals surface area contributed by atoms with E-state index in [1.807, 2.05) is 49.4 Å². The lowest BCUT2D eigenvalue weighted by atomic mass is 10.2. The molecule has 1 fully saturated rings. The Kier molecular flexibility index (Phi) is 11.5. The van der Waals surface area contributed by atoms with Crippen molar-refractivity contribution in [2.45, 2.75) is 20.1 Å². The molecule has 1 aliphatic heterocycles. The molecule has 0 bridgehead atoms. The molecule has 3 aromatic rings. The van der Waals surface area contributed by atoms with Gasteiger partial charge in [0.1, 0.15) is 0 Å². The zero-order valence-corrected chi connectivity index (χ0v) is 21.1. The molecule has 0 unspecified atom stereocenters. The summed E-state index contributed by atoms with van der Waals surface area (Å²) in [5, 5.41) is 15.5. The molecule has 0 saturated carbocycles. The van der Waals surface area contributed by atoms with E-state index in [9.17, 15) is 0 Å². The standard InChI is InChI=1S/C23H30N6O3.2ClH/c1-18-3-6-20(7-4-18)29-23(25-26-27-29)17-32-21-8-5-19(15-22(21)30-2)16-24-9-10-28-11-13-31-14-12-28;;/h3-8,15,24H,9-14,16-17H2,1-2H3;2*1H. The van der Waals surface area contributed by atoms with Crippen LogP contribution in [-0.4, -0.2) is 71.6 Å². The summed E-state index contributed by atoms with van der Waals surface area (Å²) in [5.74, 6) is 1.96. The minimum absolute atomic E-state index is 0. The highest BCUT2D eigenvalue weighted by Gasteiger charge is 2.12. The minimum atomic E-state index is 0. The molecule has 1 aromatic heterocycles. The molecule has 34 heavy (non-hydrogen) atoms. The van der Waals surface area contributed by atoms with Crippen molar-refractivity contribution in [3.05, 3.63) is 59.4 Å². The summed E-state index contributed by atoms with van der Waals surface area (Å²) in [7, 11) is 1.65. The molecule has 1 aliphatic rings. The zero-order chi connectivity index (χ0) is 22.2. The van der Waals surface area contributed by atoms with Crippen LogP contribution in [0.5, 0.6) is 11.5 Å². The lowest BCUT2D eigenvalue weighted by molar-refractivity contribution is 0.0384. The van der Waals surface area contributed by atoms with E-state index in [4.69, 9.17) is 14.2 Å². The zero-order valence-electron chi connectivity index (χ0n) is 19.5. The quantitative estimate of drug-likeness (QED) is 0.416. The highest BCUT2D eigenvalue weighted by molar-refractivity contribution is 5.85. The highest BCUT2D eigenvalue weighted by Crippen LogP contribution is 2.28. The number of morpholine rings is 1. The van der Waals surface area contributed by atoms with Crippen LogP contribution < -0.4 is 14.8 Å². The summed E-state index contributed by atoms with van der Waals surface area (Å²) >= 11 is 0. The second-order valence-electron chi connectivity index (χ2n) is 7.75. The van der Waals surface area contributed by atoms with Gasteiger partial charge in [0.05, 0.1) is 26.0 Å². The van der Waals surface area contributed by atoms with Crippen molar-refractivity contribution >= 4 is 24.8 Å². The maximum Gasteiger partial charge on any atom is 0.194 e. The van der Waals surface area contributed by atoms with Crippen LogP contribution in [0.25, 0.3) is 5.69 Å². The topological polar surface area (TPSA) is 86.6 Å². The third-order valence-electron chi connectivity index (χ3n) is 5.44. The van der Waals surface area contributed by atoms with E-state index >= 15 is 0 Å². The first-order chi connectivity index (χ1) is 15.7. The summed E-state index contributed by atoms with van der Waals surface area (Å²) in [6.07, 6.45) is 0. The summed E-state index contributed by atoms with van der Waals surface area (Å²) < 4.78 is 18.6. The number of methoxy groups -OCH3 is 1. The van der Waals surface area contributed by atoms with E-state index in [1.54, 1.807) is 11.8 Å². The molecule has 0 aliphatic carbocycles. The Balaban J connectivity index is 0.00000204. The van der Waals surface area contributed by atoms with Crippen LogP contribution in [-0.2, 0) is 17.9 Å². The molecule has 1 saturated heterocycles. The van der Waals surface area contributed by atoms with Gasteiger partial charge in [-0.2, -0.15) is 4.68 Å². The first-order valence-electron chi connectivity index (χ1n) is 10.9. The molecule has 2 aromatic carbocycles. The molecule has 2 heterocycles. The molecule has 11 heteroatoms. The van der Waals surface area contributed by atoms with Crippen molar-refractivity contribution in [1.29, 1.82) is 0 Å². The van der Waals surface area contributed by atoms with Crippen LogP contribution in [0.4, 0.5) is 0 Å². The number of nitrogens with zero attached hydrogens (tertiary/aromatic N) is 5.